The Kier molecular flexibility index (Phi) is 4.44. The van der Waals surface area contributed by atoms with Gasteiger partial charge in [-0.3, -0.25) is 4.79 Å². The molecule has 2 rings (SSSR count). The molecule has 1 fully saturated rings. The van der Waals surface area contributed by atoms with Crippen LogP contribution in [0.25, 0.3) is 0 Å². The maximum Gasteiger partial charge on any atom is 0.268 e. The average molecular weight is 267 g/mol. The number of carbonyl (C=O) groups excluding carboxylic acids is 1. The van der Waals surface area contributed by atoms with E-state index in [1.807, 2.05) is 10.8 Å². The molecule has 0 aliphatic heterocycles. The van der Waals surface area contributed by atoms with Gasteiger partial charge in [-0.1, -0.05) is 0 Å². The molecule has 0 saturated heterocycles. The van der Waals surface area contributed by atoms with Gasteiger partial charge in [0.15, 0.2) is 0 Å². The smallest absolute Gasteiger partial charge is 0.268 e. The summed E-state index contributed by atoms with van der Waals surface area (Å²) in [5.74, 6) is -0.123. The van der Waals surface area contributed by atoms with Crippen molar-refractivity contribution in [2.45, 2.75) is 25.0 Å². The average Bonchev–Trinajstić information content (AvgIpc) is 3.17. The van der Waals surface area contributed by atoms with Crippen molar-refractivity contribution in [1.29, 1.82) is 0 Å². The van der Waals surface area contributed by atoms with Crippen molar-refractivity contribution < 1.29 is 14.3 Å². The molecule has 0 bridgehead atoms. The standard InChI is InChI=1S/C13H21N3O3/c1-18-8-11(19-2)6-15-13(17)12-5-9(14)7-16(12)10-3-4-10/h5,7,10-11H,3-4,6,8,14H2,1-2H3,(H,15,17). The summed E-state index contributed by atoms with van der Waals surface area (Å²) in [5.41, 5.74) is 7.01. The maximum atomic E-state index is 12.2. The molecular formula is C13H21N3O3. The Morgan fingerprint density at radius 1 is 1.58 bits per heavy atom. The van der Waals surface area contributed by atoms with Gasteiger partial charge < -0.3 is 25.1 Å². The van der Waals surface area contributed by atoms with Gasteiger partial charge in [0.1, 0.15) is 5.69 Å². The van der Waals surface area contributed by atoms with Crippen molar-refractivity contribution >= 4 is 11.6 Å². The number of nitrogen functional groups attached to an aromatic ring is 1. The summed E-state index contributed by atoms with van der Waals surface area (Å²) in [6, 6.07) is 2.14. The van der Waals surface area contributed by atoms with Gasteiger partial charge in [0, 0.05) is 33.0 Å². The molecule has 6 nitrogen and oxygen atoms in total. The molecule has 106 valence electrons. The van der Waals surface area contributed by atoms with Crippen LogP contribution in [0, 0.1) is 0 Å². The molecule has 1 aromatic heterocycles. The molecule has 6 heteroatoms. The van der Waals surface area contributed by atoms with Gasteiger partial charge in [-0.2, -0.15) is 0 Å². The Morgan fingerprint density at radius 2 is 2.32 bits per heavy atom. The number of aromatic nitrogens is 1. The summed E-state index contributed by atoms with van der Waals surface area (Å²) < 4.78 is 12.2. The molecule has 1 saturated carbocycles. The lowest BCUT2D eigenvalue weighted by molar-refractivity contribution is 0.0284. The second-order valence-electron chi connectivity index (χ2n) is 4.82. The van der Waals surface area contributed by atoms with E-state index in [9.17, 15) is 4.79 Å². The summed E-state index contributed by atoms with van der Waals surface area (Å²) in [7, 11) is 3.20. The summed E-state index contributed by atoms with van der Waals surface area (Å²) in [6.45, 7) is 0.863. The third kappa shape index (κ3) is 3.48. The van der Waals surface area contributed by atoms with Crippen molar-refractivity contribution in [1.82, 2.24) is 9.88 Å². The summed E-state index contributed by atoms with van der Waals surface area (Å²) in [5, 5.41) is 2.85. The van der Waals surface area contributed by atoms with Gasteiger partial charge in [0.05, 0.1) is 18.4 Å². The predicted octanol–water partition coefficient (Wildman–Crippen LogP) is 0.796. The molecule has 3 N–H and O–H groups in total. The Hall–Kier alpha value is -1.53. The van der Waals surface area contributed by atoms with E-state index < -0.39 is 0 Å². The highest BCUT2D eigenvalue weighted by Crippen LogP contribution is 2.37. The molecule has 1 aliphatic rings. The third-order valence-electron chi connectivity index (χ3n) is 3.22. The fraction of sp³-hybridized carbons (Fsp3) is 0.615. The minimum atomic E-state index is -0.143. The zero-order valence-electron chi connectivity index (χ0n) is 11.4. The number of hydrogen-bond donors (Lipinski definition) is 2. The van der Waals surface area contributed by atoms with Gasteiger partial charge in [0.25, 0.3) is 5.91 Å². The van der Waals surface area contributed by atoms with Crippen LogP contribution in [-0.2, 0) is 9.47 Å². The molecule has 0 spiro atoms. The molecule has 1 aliphatic carbocycles. The molecular weight excluding hydrogens is 246 g/mol. The number of rotatable bonds is 7. The van der Waals surface area contributed by atoms with Crippen LogP contribution < -0.4 is 11.1 Å². The van der Waals surface area contributed by atoms with E-state index in [1.54, 1.807) is 20.3 Å². The van der Waals surface area contributed by atoms with Crippen LogP contribution in [0.15, 0.2) is 12.3 Å². The van der Waals surface area contributed by atoms with E-state index >= 15 is 0 Å². The predicted molar refractivity (Wildman–Crippen MR) is 72.1 cm³/mol. The zero-order chi connectivity index (χ0) is 13.8. The van der Waals surface area contributed by atoms with Crippen LogP contribution in [0.5, 0.6) is 0 Å². The zero-order valence-corrected chi connectivity index (χ0v) is 11.4. The quantitative estimate of drug-likeness (QED) is 0.766. The van der Waals surface area contributed by atoms with E-state index in [-0.39, 0.29) is 12.0 Å². The van der Waals surface area contributed by atoms with Crippen LogP contribution >= 0.6 is 0 Å². The minimum Gasteiger partial charge on any atom is -0.397 e. The number of ether oxygens (including phenoxy) is 2. The number of anilines is 1. The van der Waals surface area contributed by atoms with Crippen molar-refractivity contribution in [3.05, 3.63) is 18.0 Å². The number of nitrogens with zero attached hydrogens (tertiary/aromatic N) is 1. The van der Waals surface area contributed by atoms with E-state index in [4.69, 9.17) is 15.2 Å². The monoisotopic (exact) mass is 267 g/mol. The second kappa shape index (κ2) is 6.08. The Labute approximate surface area is 112 Å². The topological polar surface area (TPSA) is 78.5 Å². The van der Waals surface area contributed by atoms with Gasteiger partial charge in [0.2, 0.25) is 0 Å². The van der Waals surface area contributed by atoms with Gasteiger partial charge in [-0.25, -0.2) is 0 Å². The third-order valence-corrected chi connectivity index (χ3v) is 3.22. The lowest BCUT2D eigenvalue weighted by Gasteiger charge is -2.15. The number of methoxy groups -OCH3 is 2. The fourth-order valence-electron chi connectivity index (χ4n) is 2.03. The first kappa shape index (κ1) is 13.9. The first-order valence-corrected chi connectivity index (χ1v) is 6.43. The Bertz CT molecular complexity index is 440. The van der Waals surface area contributed by atoms with Crippen LogP contribution in [-0.4, -0.2) is 43.9 Å². The first-order valence-electron chi connectivity index (χ1n) is 6.43. The lowest BCUT2D eigenvalue weighted by Crippen LogP contribution is -2.36. The van der Waals surface area contributed by atoms with Crippen molar-refractivity contribution in [2.24, 2.45) is 0 Å². The maximum absolute atomic E-state index is 12.2. The largest absolute Gasteiger partial charge is 0.397 e. The highest BCUT2D eigenvalue weighted by Gasteiger charge is 2.27. The number of hydrogen-bond acceptors (Lipinski definition) is 4. The SMILES string of the molecule is COCC(CNC(=O)c1cc(N)cn1C1CC1)OC. The van der Waals surface area contributed by atoms with E-state index in [2.05, 4.69) is 5.32 Å². The molecule has 1 atom stereocenters. The van der Waals surface area contributed by atoms with E-state index in [0.717, 1.165) is 12.8 Å². The molecule has 1 amide bonds. The number of amides is 1. The van der Waals surface area contributed by atoms with Crippen LogP contribution in [0.3, 0.4) is 0 Å². The van der Waals surface area contributed by atoms with Crippen LogP contribution in [0.4, 0.5) is 5.69 Å². The van der Waals surface area contributed by atoms with Crippen molar-refractivity contribution in [3.63, 3.8) is 0 Å². The molecule has 19 heavy (non-hydrogen) atoms. The highest BCUT2D eigenvalue weighted by atomic mass is 16.5. The Balaban J connectivity index is 1.95. The van der Waals surface area contributed by atoms with Gasteiger partial charge in [-0.15, -0.1) is 0 Å². The normalized spacial score (nSPS) is 16.3. The lowest BCUT2D eigenvalue weighted by atomic mass is 10.3. The van der Waals surface area contributed by atoms with Crippen molar-refractivity contribution in [2.75, 3.05) is 33.1 Å². The number of nitrogens with two attached hydrogens (primary N) is 1. The van der Waals surface area contributed by atoms with Gasteiger partial charge in [-0.05, 0) is 18.9 Å². The molecule has 1 unspecified atom stereocenters. The van der Waals surface area contributed by atoms with E-state index in [1.165, 1.54) is 0 Å². The Morgan fingerprint density at radius 3 is 2.89 bits per heavy atom. The van der Waals surface area contributed by atoms with E-state index in [0.29, 0.717) is 30.6 Å². The summed E-state index contributed by atoms with van der Waals surface area (Å²) in [6.07, 6.45) is 3.91. The number of nitrogens with one attached hydrogen (secondary N) is 1. The minimum absolute atomic E-state index is 0.123. The highest BCUT2D eigenvalue weighted by molar-refractivity contribution is 5.93. The molecule has 0 radical (unpaired) electrons. The summed E-state index contributed by atoms with van der Waals surface area (Å²) >= 11 is 0. The number of carbonyl (C=O) groups is 1. The van der Waals surface area contributed by atoms with Gasteiger partial charge >= 0.3 is 0 Å². The van der Waals surface area contributed by atoms with Crippen molar-refractivity contribution in [3.8, 4) is 0 Å². The summed E-state index contributed by atoms with van der Waals surface area (Å²) in [4.78, 5) is 12.2. The second-order valence-corrected chi connectivity index (χ2v) is 4.82. The van der Waals surface area contributed by atoms with Crippen LogP contribution in [0.1, 0.15) is 29.4 Å². The molecule has 0 aromatic carbocycles. The van der Waals surface area contributed by atoms with Crippen LogP contribution in [0.2, 0.25) is 0 Å². The fourth-order valence-corrected chi connectivity index (χ4v) is 2.03. The first-order chi connectivity index (χ1) is 9.15. The molecule has 1 heterocycles. The molecule has 1 aromatic rings.